The Morgan fingerprint density at radius 3 is 2.70 bits per heavy atom. The lowest BCUT2D eigenvalue weighted by Gasteiger charge is -2.01. The van der Waals surface area contributed by atoms with Crippen LogP contribution in [0.1, 0.15) is 13.3 Å². The van der Waals surface area contributed by atoms with E-state index in [1.807, 2.05) is 6.92 Å². The predicted octanol–water partition coefficient (Wildman–Crippen LogP) is 1.10. The maximum absolute atomic E-state index is 10.2. The monoisotopic (exact) mass is 144 g/mol. The maximum atomic E-state index is 10.2. The van der Waals surface area contributed by atoms with Crippen molar-refractivity contribution >= 4 is 6.29 Å². The van der Waals surface area contributed by atoms with Gasteiger partial charge in [-0.2, -0.15) is 0 Å². The standard InChI is InChI=1S/C7H12O3/c1-3-4-7(5-8)10-6-9-2/h4-5H,3,6H2,1-2H3/b7-4+. The third-order valence-electron chi connectivity index (χ3n) is 0.865. The molecule has 0 aliphatic rings. The van der Waals surface area contributed by atoms with E-state index >= 15 is 0 Å². The number of hydrogen-bond acceptors (Lipinski definition) is 3. The molecule has 0 N–H and O–H groups in total. The van der Waals surface area contributed by atoms with Gasteiger partial charge >= 0.3 is 0 Å². The van der Waals surface area contributed by atoms with E-state index in [0.29, 0.717) is 12.0 Å². The molecule has 0 aliphatic carbocycles. The van der Waals surface area contributed by atoms with Gasteiger partial charge in [0.25, 0.3) is 0 Å². The number of methoxy groups -OCH3 is 1. The molecule has 0 unspecified atom stereocenters. The normalized spacial score (nSPS) is 11.2. The lowest BCUT2D eigenvalue weighted by atomic mass is 10.4. The van der Waals surface area contributed by atoms with Crippen molar-refractivity contribution in [2.75, 3.05) is 13.9 Å². The molecule has 58 valence electrons. The van der Waals surface area contributed by atoms with E-state index in [4.69, 9.17) is 4.74 Å². The third kappa shape index (κ3) is 4.09. The first-order valence-corrected chi connectivity index (χ1v) is 3.12. The highest BCUT2D eigenvalue weighted by Crippen LogP contribution is 1.94. The van der Waals surface area contributed by atoms with Crippen molar-refractivity contribution in [3.8, 4) is 0 Å². The summed E-state index contributed by atoms with van der Waals surface area (Å²) in [6.07, 6.45) is 3.16. The Morgan fingerprint density at radius 2 is 2.30 bits per heavy atom. The van der Waals surface area contributed by atoms with Crippen LogP contribution in [-0.2, 0) is 14.3 Å². The van der Waals surface area contributed by atoms with Crippen molar-refractivity contribution in [2.45, 2.75) is 13.3 Å². The Balaban J connectivity index is 3.60. The Kier molecular flexibility index (Phi) is 5.77. The van der Waals surface area contributed by atoms with Gasteiger partial charge in [-0.3, -0.25) is 4.79 Å². The van der Waals surface area contributed by atoms with E-state index in [1.165, 1.54) is 7.11 Å². The average molecular weight is 144 g/mol. The summed E-state index contributed by atoms with van der Waals surface area (Å²) in [6.45, 7) is 2.06. The minimum absolute atomic E-state index is 0.130. The molecule has 0 aliphatic heterocycles. The van der Waals surface area contributed by atoms with E-state index in [9.17, 15) is 4.79 Å². The minimum Gasteiger partial charge on any atom is -0.464 e. The smallest absolute Gasteiger partial charge is 0.188 e. The lowest BCUT2D eigenvalue weighted by Crippen LogP contribution is -1.97. The second-order valence-corrected chi connectivity index (χ2v) is 1.68. The van der Waals surface area contributed by atoms with Crippen LogP contribution in [0.15, 0.2) is 11.8 Å². The maximum Gasteiger partial charge on any atom is 0.188 e. The summed E-state index contributed by atoms with van der Waals surface area (Å²) in [5, 5.41) is 0. The zero-order chi connectivity index (χ0) is 7.82. The predicted molar refractivity (Wildman–Crippen MR) is 37.4 cm³/mol. The number of carbonyl (C=O) groups excluding carboxylic acids is 1. The van der Waals surface area contributed by atoms with Crippen molar-refractivity contribution in [1.29, 1.82) is 0 Å². The van der Waals surface area contributed by atoms with Crippen molar-refractivity contribution in [1.82, 2.24) is 0 Å². The fraction of sp³-hybridized carbons (Fsp3) is 0.571. The van der Waals surface area contributed by atoms with E-state index in [-0.39, 0.29) is 6.79 Å². The van der Waals surface area contributed by atoms with E-state index < -0.39 is 0 Å². The molecule has 0 fully saturated rings. The van der Waals surface area contributed by atoms with E-state index in [1.54, 1.807) is 6.08 Å². The van der Waals surface area contributed by atoms with Gasteiger partial charge in [-0.25, -0.2) is 0 Å². The van der Waals surface area contributed by atoms with Crippen LogP contribution in [0, 0.1) is 0 Å². The zero-order valence-corrected chi connectivity index (χ0v) is 6.29. The molecule has 0 aromatic heterocycles. The highest BCUT2D eigenvalue weighted by Gasteiger charge is 1.91. The van der Waals surface area contributed by atoms with Crippen LogP contribution in [-0.4, -0.2) is 20.2 Å². The topological polar surface area (TPSA) is 35.5 Å². The first kappa shape index (κ1) is 9.17. The van der Waals surface area contributed by atoms with Crippen LogP contribution in [0.5, 0.6) is 0 Å². The Labute approximate surface area is 60.6 Å². The number of aldehydes is 1. The van der Waals surface area contributed by atoms with Gasteiger partial charge in [0.2, 0.25) is 0 Å². The first-order valence-electron chi connectivity index (χ1n) is 3.12. The molecular formula is C7H12O3. The van der Waals surface area contributed by atoms with Gasteiger partial charge < -0.3 is 9.47 Å². The average Bonchev–Trinajstić information content (AvgIpc) is 1.98. The van der Waals surface area contributed by atoms with Gasteiger partial charge in [0.1, 0.15) is 0 Å². The molecule has 10 heavy (non-hydrogen) atoms. The molecule has 0 atom stereocenters. The van der Waals surface area contributed by atoms with Crippen molar-refractivity contribution in [3.05, 3.63) is 11.8 Å². The molecule has 3 nitrogen and oxygen atoms in total. The summed E-state index contributed by atoms with van der Waals surface area (Å²) in [6, 6.07) is 0. The van der Waals surface area contributed by atoms with Crippen molar-refractivity contribution in [2.24, 2.45) is 0 Å². The molecular weight excluding hydrogens is 132 g/mol. The number of ether oxygens (including phenoxy) is 2. The molecule has 0 spiro atoms. The van der Waals surface area contributed by atoms with E-state index in [0.717, 1.165) is 6.42 Å². The lowest BCUT2D eigenvalue weighted by molar-refractivity contribution is -0.110. The van der Waals surface area contributed by atoms with Gasteiger partial charge in [-0.1, -0.05) is 6.92 Å². The third-order valence-corrected chi connectivity index (χ3v) is 0.865. The van der Waals surface area contributed by atoms with Crippen molar-refractivity contribution in [3.63, 3.8) is 0 Å². The van der Waals surface area contributed by atoms with Crippen molar-refractivity contribution < 1.29 is 14.3 Å². The van der Waals surface area contributed by atoms with Crippen LogP contribution in [0.25, 0.3) is 0 Å². The van der Waals surface area contributed by atoms with E-state index in [2.05, 4.69) is 4.74 Å². The summed E-state index contributed by atoms with van der Waals surface area (Å²) < 4.78 is 9.45. The first-order chi connectivity index (χ1) is 4.85. The van der Waals surface area contributed by atoms with Gasteiger partial charge in [0.05, 0.1) is 0 Å². The molecule has 0 amide bonds. The highest BCUT2D eigenvalue weighted by molar-refractivity contribution is 5.69. The molecule has 0 radical (unpaired) electrons. The second-order valence-electron chi connectivity index (χ2n) is 1.68. The fourth-order valence-corrected chi connectivity index (χ4v) is 0.469. The molecule has 0 saturated carbocycles. The SMILES string of the molecule is CC/C=C(\C=O)OCOC. The Bertz CT molecular complexity index is 118. The summed E-state index contributed by atoms with van der Waals surface area (Å²) >= 11 is 0. The van der Waals surface area contributed by atoms with Crippen LogP contribution < -0.4 is 0 Å². The highest BCUT2D eigenvalue weighted by atomic mass is 16.7. The second kappa shape index (κ2) is 6.29. The Morgan fingerprint density at radius 1 is 1.60 bits per heavy atom. The molecule has 3 heteroatoms. The fourth-order valence-electron chi connectivity index (χ4n) is 0.469. The number of rotatable bonds is 5. The van der Waals surface area contributed by atoms with Gasteiger partial charge in [0, 0.05) is 7.11 Å². The summed E-state index contributed by atoms with van der Waals surface area (Å²) in [5.74, 6) is 0.337. The molecule has 0 rings (SSSR count). The minimum atomic E-state index is 0.130. The number of carbonyl (C=O) groups is 1. The number of allylic oxidation sites excluding steroid dienone is 2. The molecule has 0 saturated heterocycles. The molecule has 0 bridgehead atoms. The summed E-state index contributed by atoms with van der Waals surface area (Å²) in [7, 11) is 1.51. The molecule has 0 aromatic rings. The van der Waals surface area contributed by atoms with Gasteiger partial charge in [-0.05, 0) is 12.5 Å². The van der Waals surface area contributed by atoms with Crippen LogP contribution in [0.3, 0.4) is 0 Å². The van der Waals surface area contributed by atoms with Gasteiger partial charge in [0.15, 0.2) is 18.8 Å². The quantitative estimate of drug-likeness (QED) is 0.251. The van der Waals surface area contributed by atoms with Crippen LogP contribution in [0.2, 0.25) is 0 Å². The number of hydrogen-bond donors (Lipinski definition) is 0. The summed E-state index contributed by atoms with van der Waals surface area (Å²) in [4.78, 5) is 10.2. The Hall–Kier alpha value is -0.830. The molecule has 0 aromatic carbocycles. The largest absolute Gasteiger partial charge is 0.464 e. The van der Waals surface area contributed by atoms with Crippen LogP contribution >= 0.6 is 0 Å². The van der Waals surface area contributed by atoms with Crippen LogP contribution in [0.4, 0.5) is 0 Å². The molecule has 0 heterocycles. The van der Waals surface area contributed by atoms with Gasteiger partial charge in [-0.15, -0.1) is 0 Å². The summed E-state index contributed by atoms with van der Waals surface area (Å²) in [5.41, 5.74) is 0. The zero-order valence-electron chi connectivity index (χ0n) is 6.29.